The number of carbonyl (C=O) groups excluding carboxylic acids is 1. The minimum absolute atomic E-state index is 0.0793. The number of hydrogen-bond acceptors (Lipinski definition) is 3. The summed E-state index contributed by atoms with van der Waals surface area (Å²) in [5.41, 5.74) is 1.96. The van der Waals surface area contributed by atoms with Gasteiger partial charge in [0.25, 0.3) is 5.91 Å². The van der Waals surface area contributed by atoms with E-state index < -0.39 is 12.5 Å². The standard InChI is InChI=1S/C20H17F2NO3/c1-13-7-9-18(25-13)19(24)23-16-8-10-17(26-20(21)22)15(12-16)11-14-5-3-2-4-6-14/h2-10,12,20H,11H2,1H3,(H,23,24). The fraction of sp³-hybridized carbons (Fsp3) is 0.150. The molecule has 3 rings (SSSR count). The third-order valence-corrected chi connectivity index (χ3v) is 3.74. The van der Waals surface area contributed by atoms with Crippen molar-refractivity contribution in [2.24, 2.45) is 0 Å². The molecular weight excluding hydrogens is 340 g/mol. The highest BCUT2D eigenvalue weighted by Gasteiger charge is 2.14. The van der Waals surface area contributed by atoms with Crippen molar-refractivity contribution >= 4 is 11.6 Å². The molecule has 2 aromatic carbocycles. The first-order valence-electron chi connectivity index (χ1n) is 8.01. The van der Waals surface area contributed by atoms with Crippen molar-refractivity contribution < 1.29 is 22.7 Å². The molecule has 0 aliphatic carbocycles. The Labute approximate surface area is 149 Å². The maximum atomic E-state index is 12.7. The molecule has 6 heteroatoms. The van der Waals surface area contributed by atoms with E-state index in [4.69, 9.17) is 4.42 Å². The van der Waals surface area contributed by atoms with Crippen LogP contribution in [0.5, 0.6) is 5.75 Å². The van der Waals surface area contributed by atoms with Crippen LogP contribution in [-0.2, 0) is 6.42 Å². The number of benzene rings is 2. The topological polar surface area (TPSA) is 51.5 Å². The molecule has 3 aromatic rings. The minimum Gasteiger partial charge on any atom is -0.456 e. The molecule has 1 amide bonds. The van der Waals surface area contributed by atoms with E-state index in [1.54, 1.807) is 25.1 Å². The van der Waals surface area contributed by atoms with Gasteiger partial charge >= 0.3 is 6.61 Å². The Morgan fingerprint density at radius 3 is 2.54 bits per heavy atom. The summed E-state index contributed by atoms with van der Waals surface area (Å²) in [5, 5.41) is 2.70. The Morgan fingerprint density at radius 1 is 1.12 bits per heavy atom. The van der Waals surface area contributed by atoms with Crippen molar-refractivity contribution in [3.05, 3.63) is 83.3 Å². The highest BCUT2D eigenvalue weighted by Crippen LogP contribution is 2.27. The van der Waals surface area contributed by atoms with Crippen LogP contribution in [-0.4, -0.2) is 12.5 Å². The number of halogens is 2. The van der Waals surface area contributed by atoms with E-state index in [1.807, 2.05) is 30.3 Å². The second kappa shape index (κ2) is 7.82. The van der Waals surface area contributed by atoms with Crippen LogP contribution in [0.1, 0.15) is 27.4 Å². The van der Waals surface area contributed by atoms with Gasteiger partial charge < -0.3 is 14.5 Å². The second-order valence-electron chi connectivity index (χ2n) is 5.73. The molecule has 0 unspecified atom stereocenters. The number of aryl methyl sites for hydroxylation is 1. The molecular formula is C20H17F2NO3. The van der Waals surface area contributed by atoms with Gasteiger partial charge in [-0.1, -0.05) is 30.3 Å². The first kappa shape index (κ1) is 17.7. The molecule has 0 atom stereocenters. The van der Waals surface area contributed by atoms with Gasteiger partial charge in [0.05, 0.1) is 0 Å². The SMILES string of the molecule is Cc1ccc(C(=O)Nc2ccc(OC(F)F)c(Cc3ccccc3)c2)o1. The summed E-state index contributed by atoms with van der Waals surface area (Å²) in [5.74, 6) is 0.475. The van der Waals surface area contributed by atoms with E-state index in [2.05, 4.69) is 10.1 Å². The highest BCUT2D eigenvalue weighted by atomic mass is 19.3. The van der Waals surface area contributed by atoms with Crippen LogP contribution in [0.4, 0.5) is 14.5 Å². The Morgan fingerprint density at radius 2 is 1.88 bits per heavy atom. The van der Waals surface area contributed by atoms with Crippen LogP contribution in [0.25, 0.3) is 0 Å². The number of nitrogens with one attached hydrogen (secondary N) is 1. The lowest BCUT2D eigenvalue weighted by Crippen LogP contribution is -2.12. The smallest absolute Gasteiger partial charge is 0.387 e. The van der Waals surface area contributed by atoms with E-state index >= 15 is 0 Å². The Bertz CT molecular complexity index is 891. The van der Waals surface area contributed by atoms with Crippen molar-refractivity contribution in [1.82, 2.24) is 0 Å². The average molecular weight is 357 g/mol. The predicted octanol–water partition coefficient (Wildman–Crippen LogP) is 5.03. The van der Waals surface area contributed by atoms with Crippen LogP contribution in [0.2, 0.25) is 0 Å². The maximum Gasteiger partial charge on any atom is 0.387 e. The van der Waals surface area contributed by atoms with Crippen molar-refractivity contribution in [3.63, 3.8) is 0 Å². The third kappa shape index (κ3) is 4.47. The van der Waals surface area contributed by atoms with Gasteiger partial charge in [0.2, 0.25) is 0 Å². The lowest BCUT2D eigenvalue weighted by Gasteiger charge is -2.13. The number of carbonyl (C=O) groups is 1. The molecule has 0 saturated carbocycles. The largest absolute Gasteiger partial charge is 0.456 e. The number of amides is 1. The number of anilines is 1. The summed E-state index contributed by atoms with van der Waals surface area (Å²) in [7, 11) is 0. The summed E-state index contributed by atoms with van der Waals surface area (Å²) < 4.78 is 35.2. The van der Waals surface area contributed by atoms with Crippen molar-refractivity contribution in [2.45, 2.75) is 20.0 Å². The lowest BCUT2D eigenvalue weighted by molar-refractivity contribution is -0.0503. The van der Waals surface area contributed by atoms with Gasteiger partial charge in [0.15, 0.2) is 5.76 Å². The molecule has 1 heterocycles. The van der Waals surface area contributed by atoms with Crippen molar-refractivity contribution in [2.75, 3.05) is 5.32 Å². The van der Waals surface area contributed by atoms with Crippen molar-refractivity contribution in [1.29, 1.82) is 0 Å². The quantitative estimate of drug-likeness (QED) is 0.673. The molecule has 0 spiro atoms. The zero-order valence-electron chi connectivity index (χ0n) is 14.0. The zero-order valence-corrected chi connectivity index (χ0v) is 14.0. The number of ether oxygens (including phenoxy) is 1. The van der Waals surface area contributed by atoms with Gasteiger partial charge in [0.1, 0.15) is 11.5 Å². The molecule has 1 aromatic heterocycles. The predicted molar refractivity (Wildman–Crippen MR) is 93.7 cm³/mol. The summed E-state index contributed by atoms with van der Waals surface area (Å²) in [6, 6.07) is 17.2. The summed E-state index contributed by atoms with van der Waals surface area (Å²) in [6.45, 7) is -1.18. The fourth-order valence-electron chi connectivity index (χ4n) is 2.57. The Balaban J connectivity index is 1.84. The van der Waals surface area contributed by atoms with Gasteiger partial charge in [0, 0.05) is 17.7 Å². The molecule has 0 aliphatic rings. The lowest BCUT2D eigenvalue weighted by atomic mass is 10.0. The molecule has 0 fully saturated rings. The van der Waals surface area contributed by atoms with Crippen molar-refractivity contribution in [3.8, 4) is 5.75 Å². The normalized spacial score (nSPS) is 10.8. The Kier molecular flexibility index (Phi) is 5.31. The van der Waals surface area contributed by atoms with Crippen LogP contribution in [0.15, 0.2) is 65.1 Å². The molecule has 134 valence electrons. The van der Waals surface area contributed by atoms with Crippen LogP contribution < -0.4 is 10.1 Å². The highest BCUT2D eigenvalue weighted by molar-refractivity contribution is 6.02. The second-order valence-corrected chi connectivity index (χ2v) is 5.73. The Hall–Kier alpha value is -3.15. The monoisotopic (exact) mass is 357 g/mol. The fourth-order valence-corrected chi connectivity index (χ4v) is 2.57. The van der Waals surface area contributed by atoms with Crippen LogP contribution in [0.3, 0.4) is 0 Å². The summed E-state index contributed by atoms with van der Waals surface area (Å²) in [4.78, 5) is 12.2. The van der Waals surface area contributed by atoms with Gasteiger partial charge in [-0.05, 0) is 42.8 Å². The average Bonchev–Trinajstić information content (AvgIpc) is 3.04. The maximum absolute atomic E-state index is 12.7. The molecule has 4 nitrogen and oxygen atoms in total. The summed E-state index contributed by atoms with van der Waals surface area (Å²) >= 11 is 0. The molecule has 0 aliphatic heterocycles. The number of hydrogen-bond donors (Lipinski definition) is 1. The molecule has 1 N–H and O–H groups in total. The molecule has 0 bridgehead atoms. The van der Waals surface area contributed by atoms with Crippen LogP contribution >= 0.6 is 0 Å². The molecule has 0 radical (unpaired) electrons. The van der Waals surface area contributed by atoms with E-state index in [1.165, 1.54) is 12.1 Å². The van der Waals surface area contributed by atoms with E-state index in [9.17, 15) is 13.6 Å². The third-order valence-electron chi connectivity index (χ3n) is 3.74. The van der Waals surface area contributed by atoms with E-state index in [0.717, 1.165) is 5.56 Å². The summed E-state index contributed by atoms with van der Waals surface area (Å²) in [6.07, 6.45) is 0.395. The molecule has 0 saturated heterocycles. The van der Waals surface area contributed by atoms with Gasteiger partial charge in [-0.25, -0.2) is 0 Å². The van der Waals surface area contributed by atoms with Crippen LogP contribution in [0, 0.1) is 6.92 Å². The van der Waals surface area contributed by atoms with Gasteiger partial charge in [-0.3, -0.25) is 4.79 Å². The van der Waals surface area contributed by atoms with Gasteiger partial charge in [-0.15, -0.1) is 0 Å². The zero-order chi connectivity index (χ0) is 18.5. The van der Waals surface area contributed by atoms with E-state index in [0.29, 0.717) is 23.4 Å². The first-order valence-corrected chi connectivity index (χ1v) is 8.01. The minimum atomic E-state index is -2.92. The van der Waals surface area contributed by atoms with E-state index in [-0.39, 0.29) is 11.5 Å². The number of furan rings is 1. The van der Waals surface area contributed by atoms with Gasteiger partial charge in [-0.2, -0.15) is 8.78 Å². The first-order chi connectivity index (χ1) is 12.5. The molecule has 26 heavy (non-hydrogen) atoms. The number of alkyl halides is 2. The number of rotatable bonds is 6.